The lowest BCUT2D eigenvalue weighted by Crippen LogP contribution is -2.33. The number of nitrogens with one attached hydrogen (secondary N) is 3. The number of hydrogen-bond acceptors (Lipinski definition) is 3. The second-order valence-electron chi connectivity index (χ2n) is 7.35. The number of amides is 2. The molecule has 6 nitrogen and oxygen atoms in total. The number of para-hydroxylation sites is 2. The molecule has 4 rings (SSSR count). The van der Waals surface area contributed by atoms with Crippen molar-refractivity contribution in [3.63, 3.8) is 0 Å². The van der Waals surface area contributed by atoms with Crippen LogP contribution in [0.25, 0.3) is 11.0 Å². The van der Waals surface area contributed by atoms with Crippen LogP contribution in [-0.4, -0.2) is 28.3 Å². The van der Waals surface area contributed by atoms with Gasteiger partial charge in [-0.2, -0.15) is 13.2 Å². The lowest BCUT2D eigenvalue weighted by atomic mass is 10.2. The molecule has 30 heavy (non-hydrogen) atoms. The fourth-order valence-electron chi connectivity index (χ4n) is 3.39. The molecular weight excluding hydrogens is 397 g/mol. The van der Waals surface area contributed by atoms with Crippen molar-refractivity contribution in [2.45, 2.75) is 24.9 Å². The number of imidazole rings is 1. The van der Waals surface area contributed by atoms with E-state index in [4.69, 9.17) is 0 Å². The van der Waals surface area contributed by atoms with Crippen molar-refractivity contribution in [2.75, 3.05) is 11.9 Å². The van der Waals surface area contributed by atoms with Crippen molar-refractivity contribution in [1.82, 2.24) is 15.3 Å². The summed E-state index contributed by atoms with van der Waals surface area (Å²) in [6, 6.07) is 11.8. The van der Waals surface area contributed by atoms with Crippen LogP contribution in [0.5, 0.6) is 0 Å². The molecule has 9 heteroatoms. The SMILES string of the molecule is O=C(C[C@@H]1C[C@H]1c1nc2ccccc2[nH]1)NCC(=O)Nc1ccc(C(F)(F)F)cc1. The molecule has 1 aliphatic carbocycles. The van der Waals surface area contributed by atoms with E-state index in [9.17, 15) is 22.8 Å². The van der Waals surface area contributed by atoms with Crippen LogP contribution in [0.3, 0.4) is 0 Å². The van der Waals surface area contributed by atoms with Gasteiger partial charge in [-0.15, -0.1) is 0 Å². The Morgan fingerprint density at radius 2 is 1.80 bits per heavy atom. The van der Waals surface area contributed by atoms with E-state index in [0.717, 1.165) is 35.4 Å². The predicted octanol–water partition coefficient (Wildman–Crippen LogP) is 3.83. The number of fused-ring (bicyclic) bond motifs is 1. The fraction of sp³-hybridized carbons (Fsp3) is 0.286. The summed E-state index contributed by atoms with van der Waals surface area (Å²) in [6.07, 6.45) is -3.29. The quantitative estimate of drug-likeness (QED) is 0.571. The van der Waals surface area contributed by atoms with Crippen molar-refractivity contribution in [1.29, 1.82) is 0 Å². The number of carbonyl (C=O) groups excluding carboxylic acids is 2. The largest absolute Gasteiger partial charge is 0.416 e. The minimum absolute atomic E-state index is 0.170. The molecule has 2 aromatic carbocycles. The summed E-state index contributed by atoms with van der Waals surface area (Å²) >= 11 is 0. The third-order valence-electron chi connectivity index (χ3n) is 5.07. The Morgan fingerprint density at radius 1 is 1.07 bits per heavy atom. The van der Waals surface area contributed by atoms with E-state index in [1.54, 1.807) is 0 Å². The molecule has 0 bridgehead atoms. The molecule has 1 saturated carbocycles. The third-order valence-corrected chi connectivity index (χ3v) is 5.07. The van der Waals surface area contributed by atoms with Crippen molar-refractivity contribution < 1.29 is 22.8 Å². The molecule has 1 fully saturated rings. The maximum atomic E-state index is 12.6. The molecule has 1 heterocycles. The van der Waals surface area contributed by atoms with Crippen LogP contribution >= 0.6 is 0 Å². The molecular formula is C21H19F3N4O2. The fourth-order valence-corrected chi connectivity index (χ4v) is 3.39. The maximum Gasteiger partial charge on any atom is 0.416 e. The molecule has 0 saturated heterocycles. The average molecular weight is 416 g/mol. The lowest BCUT2D eigenvalue weighted by Gasteiger charge is -2.09. The molecule has 3 aromatic rings. The van der Waals surface area contributed by atoms with Crippen molar-refractivity contribution in [3.05, 3.63) is 59.9 Å². The highest BCUT2D eigenvalue weighted by Gasteiger charge is 2.41. The van der Waals surface area contributed by atoms with Gasteiger partial charge < -0.3 is 15.6 Å². The van der Waals surface area contributed by atoms with Crippen LogP contribution in [0.2, 0.25) is 0 Å². The highest BCUT2D eigenvalue weighted by Crippen LogP contribution is 2.48. The van der Waals surface area contributed by atoms with Crippen LogP contribution in [-0.2, 0) is 15.8 Å². The second kappa shape index (κ2) is 7.81. The first-order chi connectivity index (χ1) is 14.3. The Labute approximate surface area is 169 Å². The highest BCUT2D eigenvalue weighted by atomic mass is 19.4. The Hall–Kier alpha value is -3.36. The summed E-state index contributed by atoms with van der Waals surface area (Å²) in [4.78, 5) is 31.9. The predicted molar refractivity (Wildman–Crippen MR) is 105 cm³/mol. The minimum Gasteiger partial charge on any atom is -0.347 e. The standard InChI is InChI=1S/C21H19F3N4O2/c22-21(23,24)13-5-7-14(8-6-13)26-19(30)11-25-18(29)10-12-9-15(12)20-27-16-3-1-2-4-17(16)28-20/h1-8,12,15H,9-11H2,(H,25,29)(H,26,30)(H,27,28)/t12-,15+/m0/s1. The van der Waals surface area contributed by atoms with Crippen LogP contribution in [0.4, 0.5) is 18.9 Å². The van der Waals surface area contributed by atoms with Gasteiger partial charge in [0.05, 0.1) is 23.1 Å². The number of benzene rings is 2. The van der Waals surface area contributed by atoms with Gasteiger partial charge >= 0.3 is 6.18 Å². The Morgan fingerprint density at radius 3 is 2.50 bits per heavy atom. The Balaban J connectivity index is 1.22. The first-order valence-electron chi connectivity index (χ1n) is 9.48. The Kier molecular flexibility index (Phi) is 5.19. The molecule has 1 aromatic heterocycles. The first-order valence-corrected chi connectivity index (χ1v) is 9.48. The number of aromatic amines is 1. The van der Waals surface area contributed by atoms with Gasteiger partial charge in [-0.1, -0.05) is 12.1 Å². The number of alkyl halides is 3. The summed E-state index contributed by atoms with van der Waals surface area (Å²) in [7, 11) is 0. The molecule has 0 radical (unpaired) electrons. The van der Waals surface area contributed by atoms with E-state index < -0.39 is 17.6 Å². The summed E-state index contributed by atoms with van der Waals surface area (Å²) in [5.74, 6) is 0.482. The van der Waals surface area contributed by atoms with Crippen LogP contribution in [0, 0.1) is 5.92 Å². The van der Waals surface area contributed by atoms with Gasteiger partial charge in [0.1, 0.15) is 5.82 Å². The number of aromatic nitrogens is 2. The molecule has 1 aliphatic rings. The van der Waals surface area contributed by atoms with E-state index in [0.29, 0.717) is 0 Å². The van der Waals surface area contributed by atoms with Crippen molar-refractivity contribution in [3.8, 4) is 0 Å². The molecule has 156 valence electrons. The Bertz CT molecular complexity index is 1040. The highest BCUT2D eigenvalue weighted by molar-refractivity contribution is 5.94. The normalized spacial score (nSPS) is 18.2. The molecule has 0 spiro atoms. The summed E-state index contributed by atoms with van der Waals surface area (Å²) < 4.78 is 37.7. The van der Waals surface area contributed by atoms with E-state index in [1.807, 2.05) is 24.3 Å². The number of hydrogen-bond donors (Lipinski definition) is 3. The zero-order valence-electron chi connectivity index (χ0n) is 15.8. The van der Waals surface area contributed by atoms with E-state index >= 15 is 0 Å². The van der Waals surface area contributed by atoms with Crippen LogP contribution in [0.1, 0.15) is 30.1 Å². The van der Waals surface area contributed by atoms with E-state index in [2.05, 4.69) is 20.6 Å². The van der Waals surface area contributed by atoms with E-state index in [-0.39, 0.29) is 36.4 Å². The zero-order chi connectivity index (χ0) is 21.3. The minimum atomic E-state index is -4.43. The smallest absolute Gasteiger partial charge is 0.347 e. The number of carbonyl (C=O) groups is 2. The number of nitrogens with zero attached hydrogens (tertiary/aromatic N) is 1. The third kappa shape index (κ3) is 4.61. The summed E-state index contributed by atoms with van der Waals surface area (Å²) in [5, 5.41) is 5.01. The molecule has 0 aliphatic heterocycles. The topological polar surface area (TPSA) is 86.9 Å². The molecule has 2 amide bonds. The molecule has 2 atom stereocenters. The average Bonchev–Trinajstić information content (AvgIpc) is 3.32. The molecule has 3 N–H and O–H groups in total. The van der Waals surface area contributed by atoms with Gasteiger partial charge in [0.25, 0.3) is 0 Å². The van der Waals surface area contributed by atoms with Gasteiger partial charge in [-0.25, -0.2) is 4.98 Å². The van der Waals surface area contributed by atoms with Gasteiger partial charge in [0.15, 0.2) is 0 Å². The number of rotatable bonds is 6. The van der Waals surface area contributed by atoms with Gasteiger partial charge in [-0.3, -0.25) is 9.59 Å². The van der Waals surface area contributed by atoms with Gasteiger partial charge in [-0.05, 0) is 48.7 Å². The number of H-pyrrole nitrogens is 1. The van der Waals surface area contributed by atoms with Crippen LogP contribution < -0.4 is 10.6 Å². The van der Waals surface area contributed by atoms with E-state index in [1.165, 1.54) is 12.1 Å². The van der Waals surface area contributed by atoms with Crippen molar-refractivity contribution >= 4 is 28.5 Å². The number of anilines is 1. The first kappa shape index (κ1) is 19.9. The van der Waals surface area contributed by atoms with Crippen LogP contribution in [0.15, 0.2) is 48.5 Å². The summed E-state index contributed by atoms with van der Waals surface area (Å²) in [5.41, 5.74) is 1.29. The maximum absolute atomic E-state index is 12.6. The van der Waals surface area contributed by atoms with Crippen molar-refractivity contribution in [2.24, 2.45) is 5.92 Å². The second-order valence-corrected chi connectivity index (χ2v) is 7.35. The number of halogens is 3. The van der Waals surface area contributed by atoms with Gasteiger partial charge in [0, 0.05) is 18.0 Å². The molecule has 0 unspecified atom stereocenters. The van der Waals surface area contributed by atoms with Gasteiger partial charge in [0.2, 0.25) is 11.8 Å². The monoisotopic (exact) mass is 416 g/mol. The zero-order valence-corrected chi connectivity index (χ0v) is 15.8. The summed E-state index contributed by atoms with van der Waals surface area (Å²) in [6.45, 7) is -0.248. The lowest BCUT2D eigenvalue weighted by molar-refractivity contribution is -0.137.